The highest BCUT2D eigenvalue weighted by atomic mass is 19.1. The average Bonchev–Trinajstić information content (AvgIpc) is 3.61. The van der Waals surface area contributed by atoms with Crippen molar-refractivity contribution in [1.82, 2.24) is 15.0 Å². The molecule has 4 N–H and O–H groups in total. The molecule has 7 nitrogen and oxygen atoms in total. The second-order valence-electron chi connectivity index (χ2n) is 9.61. The van der Waals surface area contributed by atoms with Crippen molar-refractivity contribution in [2.45, 2.75) is 32.3 Å². The maximum absolute atomic E-state index is 14.9. The smallest absolute Gasteiger partial charge is 0.168 e. The highest BCUT2D eigenvalue weighted by Crippen LogP contribution is 2.36. The number of benzene rings is 3. The van der Waals surface area contributed by atoms with Gasteiger partial charge in [0.05, 0.1) is 17.5 Å². The number of rotatable bonds is 9. The van der Waals surface area contributed by atoms with Crippen LogP contribution in [0.2, 0.25) is 0 Å². The molecule has 1 atom stereocenters. The molecule has 2 heterocycles. The van der Waals surface area contributed by atoms with Crippen molar-refractivity contribution in [2.75, 3.05) is 6.61 Å². The van der Waals surface area contributed by atoms with Gasteiger partial charge in [-0.2, -0.15) is 0 Å². The number of halogens is 2. The maximum Gasteiger partial charge on any atom is 0.168 e. The molecule has 3 aromatic carbocycles. The van der Waals surface area contributed by atoms with Crippen LogP contribution in [-0.4, -0.2) is 37.6 Å². The van der Waals surface area contributed by atoms with Crippen LogP contribution < -0.4 is 4.74 Å². The Balaban J connectivity index is 1.42. The van der Waals surface area contributed by atoms with Crippen LogP contribution in [0.3, 0.4) is 0 Å². The molecule has 0 saturated carbocycles. The van der Waals surface area contributed by atoms with Gasteiger partial charge in [-0.3, -0.25) is 4.79 Å². The molecule has 5 aromatic rings. The van der Waals surface area contributed by atoms with E-state index in [2.05, 4.69) is 15.0 Å². The zero-order valence-corrected chi connectivity index (χ0v) is 21.4. The van der Waals surface area contributed by atoms with Gasteiger partial charge in [0, 0.05) is 35.2 Å². The number of nitrogens with one attached hydrogen (secondary N) is 2. The van der Waals surface area contributed by atoms with Gasteiger partial charge in [-0.1, -0.05) is 24.3 Å². The van der Waals surface area contributed by atoms with Crippen LogP contribution in [0, 0.1) is 18.6 Å². The molecule has 200 valence electrons. The number of aromatic amines is 2. The molecule has 0 spiro atoms. The number of hydrogen-bond acceptors (Lipinski definition) is 5. The average molecular weight is 532 g/mol. The van der Waals surface area contributed by atoms with Gasteiger partial charge in [0.2, 0.25) is 0 Å². The van der Waals surface area contributed by atoms with E-state index in [-0.39, 0.29) is 35.1 Å². The molecule has 0 bridgehead atoms. The Kier molecular flexibility index (Phi) is 7.03. The number of aromatic nitrogens is 3. The normalized spacial score (nSPS) is 13.0. The number of fused-ring (bicyclic) bond motifs is 1. The number of carbonyl (C=O) groups excluding carboxylic acids is 1. The molecule has 0 fully saturated rings. The van der Waals surface area contributed by atoms with Crippen molar-refractivity contribution in [3.05, 3.63) is 101 Å². The van der Waals surface area contributed by atoms with Crippen LogP contribution in [0.5, 0.6) is 11.5 Å². The van der Waals surface area contributed by atoms with Crippen molar-refractivity contribution in [3.8, 4) is 22.9 Å². The molecule has 1 unspecified atom stereocenters. The number of aliphatic hydroxyl groups excluding tert-OH is 1. The third-order valence-electron chi connectivity index (χ3n) is 6.88. The second-order valence-corrected chi connectivity index (χ2v) is 9.61. The summed E-state index contributed by atoms with van der Waals surface area (Å²) in [6.45, 7) is 2.83. The highest BCUT2D eigenvalue weighted by molar-refractivity contribution is 5.85. The molecule has 9 heteroatoms. The van der Waals surface area contributed by atoms with Gasteiger partial charge in [-0.05, 0) is 55.7 Å². The fourth-order valence-corrected chi connectivity index (χ4v) is 4.57. The molecule has 5 rings (SSSR count). The van der Waals surface area contributed by atoms with Gasteiger partial charge in [0.1, 0.15) is 29.6 Å². The summed E-state index contributed by atoms with van der Waals surface area (Å²) in [4.78, 5) is 21.7. The van der Waals surface area contributed by atoms with Crippen molar-refractivity contribution in [2.24, 2.45) is 0 Å². The fourth-order valence-electron chi connectivity index (χ4n) is 4.57. The summed E-state index contributed by atoms with van der Waals surface area (Å²) >= 11 is 0. The van der Waals surface area contributed by atoms with E-state index in [1.54, 1.807) is 38.2 Å². The lowest BCUT2D eigenvalue weighted by Crippen LogP contribution is -2.23. The van der Waals surface area contributed by atoms with E-state index in [0.29, 0.717) is 28.8 Å². The standard InChI is InChI=1S/C30H27F2N3O4/c1-17-22-10-11-33-26(22)14-25(32)28(17)39-21-8-9-24(31)23(13-21)29-34-15-27(35-29)30(2,38)19-5-3-4-18(12-19)6-7-20(37)16-36/h3-5,8-15,33,36,38H,6-7,16H2,1-2H3,(H,34,35). The monoisotopic (exact) mass is 531 g/mol. The van der Waals surface area contributed by atoms with E-state index in [4.69, 9.17) is 9.84 Å². The van der Waals surface area contributed by atoms with Crippen molar-refractivity contribution < 1.29 is 28.5 Å². The van der Waals surface area contributed by atoms with E-state index >= 15 is 0 Å². The number of nitrogens with zero attached hydrogens (tertiary/aromatic N) is 1. The van der Waals surface area contributed by atoms with Crippen LogP contribution >= 0.6 is 0 Å². The predicted octanol–water partition coefficient (Wildman–Crippen LogP) is 5.69. The summed E-state index contributed by atoms with van der Waals surface area (Å²) in [5, 5.41) is 21.1. The van der Waals surface area contributed by atoms with Crippen molar-refractivity contribution >= 4 is 16.7 Å². The van der Waals surface area contributed by atoms with Gasteiger partial charge in [-0.25, -0.2) is 13.8 Å². The molecule has 0 radical (unpaired) electrons. The van der Waals surface area contributed by atoms with Crippen LogP contribution in [0.25, 0.3) is 22.3 Å². The number of H-pyrrole nitrogens is 2. The van der Waals surface area contributed by atoms with Crippen molar-refractivity contribution in [3.63, 3.8) is 0 Å². The minimum absolute atomic E-state index is 0.0447. The molecular weight excluding hydrogens is 504 g/mol. The Hall–Kier alpha value is -4.34. The zero-order chi connectivity index (χ0) is 27.7. The molecule has 2 aromatic heterocycles. The highest BCUT2D eigenvalue weighted by Gasteiger charge is 2.29. The molecule has 39 heavy (non-hydrogen) atoms. The Morgan fingerprint density at radius 3 is 2.72 bits per heavy atom. The van der Waals surface area contributed by atoms with Crippen LogP contribution in [0.4, 0.5) is 8.78 Å². The first-order valence-corrected chi connectivity index (χ1v) is 12.4. The van der Waals surface area contributed by atoms with E-state index in [1.165, 1.54) is 30.5 Å². The largest absolute Gasteiger partial charge is 0.454 e. The lowest BCUT2D eigenvalue weighted by molar-refractivity contribution is -0.121. The number of Topliss-reactive ketones (excluding diaryl/α,β-unsaturated/α-hetero) is 1. The quantitative estimate of drug-likeness (QED) is 0.195. The first kappa shape index (κ1) is 26.3. The van der Waals surface area contributed by atoms with Crippen molar-refractivity contribution in [1.29, 1.82) is 0 Å². The van der Waals surface area contributed by atoms with Gasteiger partial charge >= 0.3 is 0 Å². The summed E-state index contributed by atoms with van der Waals surface area (Å²) in [6.07, 6.45) is 3.76. The molecule has 0 saturated heterocycles. The minimum atomic E-state index is -1.50. The molecular formula is C30H27F2N3O4. The molecule has 0 amide bonds. The van der Waals surface area contributed by atoms with E-state index < -0.39 is 23.8 Å². The van der Waals surface area contributed by atoms with E-state index in [0.717, 1.165) is 10.9 Å². The second kappa shape index (κ2) is 10.4. The molecule has 0 aliphatic carbocycles. The summed E-state index contributed by atoms with van der Waals surface area (Å²) in [6, 6.07) is 14.3. The Labute approximate surface area is 223 Å². The fraction of sp³-hybridized carbons (Fsp3) is 0.200. The van der Waals surface area contributed by atoms with Gasteiger partial charge in [-0.15, -0.1) is 0 Å². The lowest BCUT2D eigenvalue weighted by atomic mass is 9.91. The number of imidazole rings is 1. The van der Waals surface area contributed by atoms with Crippen LogP contribution in [0.15, 0.2) is 67.0 Å². The van der Waals surface area contributed by atoms with Gasteiger partial charge in [0.25, 0.3) is 0 Å². The van der Waals surface area contributed by atoms with E-state index in [9.17, 15) is 18.7 Å². The summed E-state index contributed by atoms with van der Waals surface area (Å²) in [5.41, 5.74) is 1.55. The van der Waals surface area contributed by atoms with E-state index in [1.807, 2.05) is 12.1 Å². The number of carbonyl (C=O) groups is 1. The topological polar surface area (TPSA) is 111 Å². The number of aliphatic hydroxyl groups is 2. The Bertz CT molecular complexity index is 1670. The lowest BCUT2D eigenvalue weighted by Gasteiger charge is -2.23. The summed E-state index contributed by atoms with van der Waals surface area (Å²) in [7, 11) is 0. The minimum Gasteiger partial charge on any atom is -0.454 e. The van der Waals surface area contributed by atoms with Crippen LogP contribution in [-0.2, 0) is 16.8 Å². The summed E-state index contributed by atoms with van der Waals surface area (Å²) in [5.74, 6) is -0.955. The molecule has 0 aliphatic rings. The maximum atomic E-state index is 14.9. The molecule has 0 aliphatic heterocycles. The first-order chi connectivity index (χ1) is 18.7. The Morgan fingerprint density at radius 2 is 1.92 bits per heavy atom. The third kappa shape index (κ3) is 5.19. The number of ether oxygens (including phenoxy) is 1. The van der Waals surface area contributed by atoms with Gasteiger partial charge < -0.3 is 24.9 Å². The van der Waals surface area contributed by atoms with Gasteiger partial charge in [0.15, 0.2) is 17.3 Å². The first-order valence-electron chi connectivity index (χ1n) is 12.4. The zero-order valence-electron chi connectivity index (χ0n) is 21.4. The number of aryl methyl sites for hydroxylation is 2. The number of hydrogen-bond donors (Lipinski definition) is 4. The Morgan fingerprint density at radius 1 is 1.10 bits per heavy atom. The SMILES string of the molecule is Cc1c(Oc2ccc(F)c(-c3ncc(C(C)(O)c4cccc(CCC(=O)CO)c4)[nH]3)c2)c(F)cc2[nH]ccc12. The summed E-state index contributed by atoms with van der Waals surface area (Å²) < 4.78 is 35.5. The predicted molar refractivity (Wildman–Crippen MR) is 143 cm³/mol. The number of ketones is 1. The third-order valence-corrected chi connectivity index (χ3v) is 6.88. The van der Waals surface area contributed by atoms with Crippen LogP contribution in [0.1, 0.15) is 35.7 Å².